The predicted octanol–water partition coefficient (Wildman–Crippen LogP) is 3.51. The molecule has 1 aromatic rings. The molecule has 0 aliphatic heterocycles. The summed E-state index contributed by atoms with van der Waals surface area (Å²) in [5, 5.41) is 12.1. The maximum Gasteiger partial charge on any atom is 0.408 e. The molecule has 1 atom stereocenters. The monoisotopic (exact) mass is 333 g/mol. The van der Waals surface area contributed by atoms with Crippen molar-refractivity contribution >= 4 is 35.3 Å². The van der Waals surface area contributed by atoms with Gasteiger partial charge in [-0.2, -0.15) is 0 Å². The SMILES string of the molecule is CC(C)(C)OC(=O)N[C@@H](Cc1cccc(Cl)c1Cl)C(=O)O. The van der Waals surface area contributed by atoms with Gasteiger partial charge in [0.25, 0.3) is 0 Å². The summed E-state index contributed by atoms with van der Waals surface area (Å²) in [6.45, 7) is 5.07. The molecule has 116 valence electrons. The van der Waals surface area contributed by atoms with Gasteiger partial charge in [-0.25, -0.2) is 9.59 Å². The number of carboxylic acid groups (broad SMARTS) is 1. The molecule has 0 unspecified atom stereocenters. The van der Waals surface area contributed by atoms with Crippen molar-refractivity contribution in [2.24, 2.45) is 0 Å². The van der Waals surface area contributed by atoms with E-state index in [2.05, 4.69) is 5.32 Å². The number of halogens is 2. The van der Waals surface area contributed by atoms with E-state index in [-0.39, 0.29) is 11.4 Å². The average Bonchev–Trinajstić information content (AvgIpc) is 2.31. The van der Waals surface area contributed by atoms with Crippen molar-refractivity contribution in [3.63, 3.8) is 0 Å². The molecule has 0 aliphatic carbocycles. The summed E-state index contributed by atoms with van der Waals surface area (Å²) in [5.41, 5.74) is -0.173. The van der Waals surface area contributed by atoms with Gasteiger partial charge in [-0.05, 0) is 32.4 Å². The van der Waals surface area contributed by atoms with Crippen molar-refractivity contribution in [2.45, 2.75) is 38.8 Å². The predicted molar refractivity (Wildman–Crippen MR) is 81.0 cm³/mol. The van der Waals surface area contributed by atoms with Crippen molar-refractivity contribution in [1.82, 2.24) is 5.32 Å². The van der Waals surface area contributed by atoms with E-state index in [0.717, 1.165) is 0 Å². The molecule has 0 aliphatic rings. The Labute approximate surface area is 133 Å². The summed E-state index contributed by atoms with van der Waals surface area (Å²) in [6, 6.07) is 3.76. The molecule has 0 spiro atoms. The van der Waals surface area contributed by atoms with Crippen LogP contribution in [0.15, 0.2) is 18.2 Å². The molecule has 7 heteroatoms. The molecule has 2 N–H and O–H groups in total. The highest BCUT2D eigenvalue weighted by Crippen LogP contribution is 2.26. The maximum atomic E-state index is 11.7. The van der Waals surface area contributed by atoms with Gasteiger partial charge in [0.2, 0.25) is 0 Å². The Morgan fingerprint density at radius 1 is 1.33 bits per heavy atom. The molecule has 1 aromatic carbocycles. The zero-order valence-corrected chi connectivity index (χ0v) is 13.5. The lowest BCUT2D eigenvalue weighted by Crippen LogP contribution is -2.44. The number of rotatable bonds is 4. The molecule has 0 aromatic heterocycles. The molecule has 5 nitrogen and oxygen atoms in total. The maximum absolute atomic E-state index is 11.7. The first-order chi connectivity index (χ1) is 9.60. The van der Waals surface area contributed by atoms with Crippen molar-refractivity contribution in [2.75, 3.05) is 0 Å². The number of hydrogen-bond acceptors (Lipinski definition) is 3. The minimum atomic E-state index is -1.18. The quantitative estimate of drug-likeness (QED) is 0.883. The van der Waals surface area contributed by atoms with Gasteiger partial charge in [0, 0.05) is 6.42 Å². The molecule has 0 saturated heterocycles. The van der Waals surface area contributed by atoms with Gasteiger partial charge in [-0.1, -0.05) is 35.3 Å². The molecular formula is C14H17Cl2NO4. The molecule has 1 rings (SSSR count). The smallest absolute Gasteiger partial charge is 0.408 e. The van der Waals surface area contributed by atoms with Crippen LogP contribution in [0.4, 0.5) is 4.79 Å². The summed E-state index contributed by atoms with van der Waals surface area (Å²) in [7, 11) is 0. The first-order valence-corrected chi connectivity index (χ1v) is 7.01. The van der Waals surface area contributed by atoms with E-state index in [1.54, 1.807) is 39.0 Å². The normalized spacial score (nSPS) is 12.6. The Balaban J connectivity index is 2.82. The molecule has 0 heterocycles. The zero-order valence-electron chi connectivity index (χ0n) is 11.9. The van der Waals surface area contributed by atoms with Crippen LogP contribution in [0.1, 0.15) is 26.3 Å². The van der Waals surface area contributed by atoms with Crippen LogP contribution < -0.4 is 5.32 Å². The summed E-state index contributed by atoms with van der Waals surface area (Å²) in [5.74, 6) is -1.18. The minimum absolute atomic E-state index is 0.00791. The molecule has 1 amide bonds. The first-order valence-electron chi connectivity index (χ1n) is 6.25. The third kappa shape index (κ3) is 5.81. The van der Waals surface area contributed by atoms with Gasteiger partial charge in [-0.15, -0.1) is 0 Å². The van der Waals surface area contributed by atoms with Gasteiger partial charge in [0.05, 0.1) is 10.0 Å². The average molecular weight is 334 g/mol. The lowest BCUT2D eigenvalue weighted by atomic mass is 10.1. The number of carbonyl (C=O) groups is 2. The zero-order chi connectivity index (χ0) is 16.2. The summed E-state index contributed by atoms with van der Waals surface area (Å²) < 4.78 is 5.04. The number of alkyl carbamates (subject to hydrolysis) is 1. The van der Waals surface area contributed by atoms with E-state index in [4.69, 9.17) is 27.9 Å². The second kappa shape index (κ2) is 7.00. The standard InChI is InChI=1S/C14H17Cl2NO4/c1-14(2,3)21-13(20)17-10(12(18)19)7-8-5-4-6-9(15)11(8)16/h4-6,10H,7H2,1-3H3,(H,17,20)(H,18,19)/t10-/m0/s1. The molecule has 0 saturated carbocycles. The Bertz CT molecular complexity index is 540. The largest absolute Gasteiger partial charge is 0.480 e. The number of carboxylic acids is 1. The van der Waals surface area contributed by atoms with E-state index in [0.29, 0.717) is 10.6 Å². The van der Waals surface area contributed by atoms with Gasteiger partial charge >= 0.3 is 12.1 Å². The van der Waals surface area contributed by atoms with E-state index >= 15 is 0 Å². The molecule has 0 radical (unpaired) electrons. The van der Waals surface area contributed by atoms with Crippen LogP contribution in [-0.4, -0.2) is 28.8 Å². The van der Waals surface area contributed by atoms with Crippen LogP contribution in [0.5, 0.6) is 0 Å². The number of nitrogens with one attached hydrogen (secondary N) is 1. The highest BCUT2D eigenvalue weighted by Gasteiger charge is 2.25. The molecule has 0 bridgehead atoms. The van der Waals surface area contributed by atoms with E-state index in [1.807, 2.05) is 0 Å². The Morgan fingerprint density at radius 3 is 2.48 bits per heavy atom. The summed E-state index contributed by atoms with van der Waals surface area (Å²) >= 11 is 11.9. The number of hydrogen-bond donors (Lipinski definition) is 2. The number of ether oxygens (including phenoxy) is 1. The van der Waals surface area contributed by atoms with Crippen LogP contribution in [0.3, 0.4) is 0 Å². The van der Waals surface area contributed by atoms with E-state index in [1.165, 1.54) is 0 Å². The summed E-state index contributed by atoms with van der Waals surface area (Å²) in [4.78, 5) is 22.9. The van der Waals surface area contributed by atoms with Crippen LogP contribution >= 0.6 is 23.2 Å². The van der Waals surface area contributed by atoms with Gasteiger partial charge in [0.15, 0.2) is 0 Å². The van der Waals surface area contributed by atoms with Crippen LogP contribution in [0.2, 0.25) is 10.0 Å². The first kappa shape index (κ1) is 17.6. The van der Waals surface area contributed by atoms with Crippen LogP contribution in [0, 0.1) is 0 Å². The lowest BCUT2D eigenvalue weighted by molar-refractivity contribution is -0.139. The van der Waals surface area contributed by atoms with Crippen LogP contribution in [0.25, 0.3) is 0 Å². The highest BCUT2D eigenvalue weighted by atomic mass is 35.5. The number of amides is 1. The third-order valence-electron chi connectivity index (χ3n) is 2.44. The minimum Gasteiger partial charge on any atom is -0.480 e. The second-order valence-corrected chi connectivity index (χ2v) is 6.24. The number of aliphatic carboxylic acids is 1. The van der Waals surface area contributed by atoms with Crippen molar-refractivity contribution < 1.29 is 19.4 Å². The number of benzene rings is 1. The third-order valence-corrected chi connectivity index (χ3v) is 3.30. The Kier molecular flexibility index (Phi) is 5.87. The van der Waals surface area contributed by atoms with E-state index in [9.17, 15) is 14.7 Å². The topological polar surface area (TPSA) is 75.6 Å². The molecule has 0 fully saturated rings. The Hall–Kier alpha value is -1.46. The molecule has 21 heavy (non-hydrogen) atoms. The van der Waals surface area contributed by atoms with Gasteiger partial charge in [0.1, 0.15) is 11.6 Å². The fourth-order valence-electron chi connectivity index (χ4n) is 1.58. The fourth-order valence-corrected chi connectivity index (χ4v) is 1.97. The summed E-state index contributed by atoms with van der Waals surface area (Å²) in [6.07, 6.45) is -0.790. The van der Waals surface area contributed by atoms with Gasteiger partial charge < -0.3 is 15.2 Å². The van der Waals surface area contributed by atoms with Gasteiger partial charge in [-0.3, -0.25) is 0 Å². The highest BCUT2D eigenvalue weighted by molar-refractivity contribution is 6.42. The van der Waals surface area contributed by atoms with E-state index < -0.39 is 23.7 Å². The van der Waals surface area contributed by atoms with Crippen molar-refractivity contribution in [1.29, 1.82) is 0 Å². The van der Waals surface area contributed by atoms with Crippen LogP contribution in [-0.2, 0) is 16.0 Å². The van der Waals surface area contributed by atoms with Crippen molar-refractivity contribution in [3.8, 4) is 0 Å². The van der Waals surface area contributed by atoms with Crippen molar-refractivity contribution in [3.05, 3.63) is 33.8 Å². The Morgan fingerprint density at radius 2 is 1.95 bits per heavy atom. The second-order valence-electron chi connectivity index (χ2n) is 5.45. The molecular weight excluding hydrogens is 317 g/mol. The fraction of sp³-hybridized carbons (Fsp3) is 0.429. The lowest BCUT2D eigenvalue weighted by Gasteiger charge is -2.22. The number of carbonyl (C=O) groups excluding carboxylic acids is 1.